The zero-order chi connectivity index (χ0) is 13.0. The third kappa shape index (κ3) is 2.88. The van der Waals surface area contributed by atoms with Gasteiger partial charge in [0.25, 0.3) is 0 Å². The minimum Gasteiger partial charge on any atom is -0.398 e. The van der Waals surface area contributed by atoms with Gasteiger partial charge in [-0.15, -0.1) is 0 Å². The molecule has 0 heterocycles. The number of aryl methyl sites for hydroxylation is 1. The molecule has 0 amide bonds. The summed E-state index contributed by atoms with van der Waals surface area (Å²) >= 11 is 0. The molecule has 3 heteroatoms. The van der Waals surface area contributed by atoms with Crippen LogP contribution in [0.15, 0.2) is 48.5 Å². The second-order valence-corrected chi connectivity index (χ2v) is 4.54. The summed E-state index contributed by atoms with van der Waals surface area (Å²) < 4.78 is 0. The summed E-state index contributed by atoms with van der Waals surface area (Å²) in [4.78, 5) is 0. The first-order valence-corrected chi connectivity index (χ1v) is 6.07. The van der Waals surface area contributed by atoms with Gasteiger partial charge >= 0.3 is 0 Å². The van der Waals surface area contributed by atoms with Crippen LogP contribution in [0.1, 0.15) is 22.7 Å². The molecular weight excluding hydrogens is 222 g/mol. The zero-order valence-corrected chi connectivity index (χ0v) is 10.6. The average Bonchev–Trinajstić information content (AvgIpc) is 2.39. The molecule has 1 atom stereocenters. The summed E-state index contributed by atoms with van der Waals surface area (Å²) in [6.07, 6.45) is 0.824. The van der Waals surface area contributed by atoms with Gasteiger partial charge in [0.1, 0.15) is 0 Å². The molecule has 0 aliphatic carbocycles. The molecule has 0 aliphatic rings. The fraction of sp³-hybridized carbons (Fsp3) is 0.200. The van der Waals surface area contributed by atoms with Gasteiger partial charge in [-0.1, -0.05) is 48.0 Å². The topological polar surface area (TPSA) is 64.1 Å². The molecule has 0 spiro atoms. The third-order valence-corrected chi connectivity index (χ3v) is 3.13. The predicted molar refractivity (Wildman–Crippen MR) is 75.8 cm³/mol. The summed E-state index contributed by atoms with van der Waals surface area (Å²) in [6.45, 7) is 2.08. The van der Waals surface area contributed by atoms with Crippen molar-refractivity contribution in [2.75, 3.05) is 5.73 Å². The van der Waals surface area contributed by atoms with Crippen LogP contribution in [-0.2, 0) is 6.42 Å². The molecule has 0 radical (unpaired) electrons. The van der Waals surface area contributed by atoms with Crippen LogP contribution in [0, 0.1) is 6.92 Å². The highest BCUT2D eigenvalue weighted by Crippen LogP contribution is 2.23. The molecule has 3 nitrogen and oxygen atoms in total. The molecule has 2 rings (SSSR count). The molecule has 1 unspecified atom stereocenters. The Morgan fingerprint density at radius 3 is 2.33 bits per heavy atom. The van der Waals surface area contributed by atoms with Gasteiger partial charge < -0.3 is 5.73 Å². The van der Waals surface area contributed by atoms with Crippen LogP contribution < -0.4 is 17.0 Å². The van der Waals surface area contributed by atoms with E-state index in [-0.39, 0.29) is 6.04 Å². The highest BCUT2D eigenvalue weighted by Gasteiger charge is 2.12. The van der Waals surface area contributed by atoms with Crippen LogP contribution in [0.25, 0.3) is 0 Å². The van der Waals surface area contributed by atoms with E-state index in [1.807, 2.05) is 24.3 Å². The van der Waals surface area contributed by atoms with E-state index in [4.69, 9.17) is 11.6 Å². The van der Waals surface area contributed by atoms with Gasteiger partial charge in [-0.05, 0) is 30.5 Å². The van der Waals surface area contributed by atoms with Crippen LogP contribution >= 0.6 is 0 Å². The number of nitrogen functional groups attached to an aromatic ring is 1. The van der Waals surface area contributed by atoms with Crippen LogP contribution in [0.2, 0.25) is 0 Å². The molecule has 18 heavy (non-hydrogen) atoms. The van der Waals surface area contributed by atoms with Crippen molar-refractivity contribution in [2.45, 2.75) is 19.4 Å². The van der Waals surface area contributed by atoms with Crippen molar-refractivity contribution < 1.29 is 0 Å². The van der Waals surface area contributed by atoms with E-state index in [1.165, 1.54) is 11.1 Å². The van der Waals surface area contributed by atoms with Crippen LogP contribution in [0.4, 0.5) is 5.69 Å². The van der Waals surface area contributed by atoms with Gasteiger partial charge in [-0.3, -0.25) is 11.3 Å². The predicted octanol–water partition coefficient (Wildman–Crippen LogP) is 2.32. The molecule has 0 fully saturated rings. The number of hydrogen-bond donors (Lipinski definition) is 3. The monoisotopic (exact) mass is 241 g/mol. The second kappa shape index (κ2) is 5.67. The largest absolute Gasteiger partial charge is 0.398 e. The molecule has 0 aromatic heterocycles. The molecular formula is C15H19N3. The summed E-state index contributed by atoms with van der Waals surface area (Å²) in [6, 6.07) is 16.3. The van der Waals surface area contributed by atoms with Crippen LogP contribution in [0.3, 0.4) is 0 Å². The lowest BCUT2D eigenvalue weighted by atomic mass is 9.97. The Morgan fingerprint density at radius 2 is 1.72 bits per heavy atom. The smallest absolute Gasteiger partial charge is 0.0520 e. The van der Waals surface area contributed by atoms with Crippen LogP contribution in [-0.4, -0.2) is 0 Å². The molecule has 94 valence electrons. The molecule has 2 aromatic rings. The minimum absolute atomic E-state index is 0.0360. The minimum atomic E-state index is 0.0360. The van der Waals surface area contributed by atoms with Crippen molar-refractivity contribution in [1.29, 1.82) is 0 Å². The Morgan fingerprint density at radius 1 is 1.06 bits per heavy atom. The summed E-state index contributed by atoms with van der Waals surface area (Å²) in [5.74, 6) is 5.65. The standard InChI is InChI=1S/C15H19N3/c1-11-6-8-12(9-7-11)10-15(18-17)13-4-2-3-5-14(13)16/h2-9,15,18H,10,16-17H2,1H3. The fourth-order valence-electron chi connectivity index (χ4n) is 2.05. The SMILES string of the molecule is Cc1ccc(CC(NN)c2ccccc2N)cc1. The maximum absolute atomic E-state index is 5.98. The highest BCUT2D eigenvalue weighted by atomic mass is 15.2. The average molecular weight is 241 g/mol. The lowest BCUT2D eigenvalue weighted by Crippen LogP contribution is -2.30. The van der Waals surface area contributed by atoms with E-state index in [2.05, 4.69) is 36.6 Å². The van der Waals surface area contributed by atoms with E-state index in [0.717, 1.165) is 17.7 Å². The quantitative estimate of drug-likeness (QED) is 0.437. The maximum Gasteiger partial charge on any atom is 0.0520 e. The third-order valence-electron chi connectivity index (χ3n) is 3.13. The molecule has 2 aromatic carbocycles. The first-order valence-electron chi connectivity index (χ1n) is 6.07. The number of nitrogens with one attached hydrogen (secondary N) is 1. The van der Waals surface area contributed by atoms with Gasteiger partial charge in [-0.25, -0.2) is 0 Å². The Bertz CT molecular complexity index is 505. The van der Waals surface area contributed by atoms with E-state index >= 15 is 0 Å². The van der Waals surface area contributed by atoms with E-state index in [9.17, 15) is 0 Å². The normalized spacial score (nSPS) is 12.3. The van der Waals surface area contributed by atoms with Crippen molar-refractivity contribution in [2.24, 2.45) is 5.84 Å². The molecule has 0 saturated heterocycles. The van der Waals surface area contributed by atoms with E-state index in [0.29, 0.717) is 0 Å². The summed E-state index contributed by atoms with van der Waals surface area (Å²) in [7, 11) is 0. The lowest BCUT2D eigenvalue weighted by molar-refractivity contribution is 0.553. The number of benzene rings is 2. The Balaban J connectivity index is 2.20. The van der Waals surface area contributed by atoms with Crippen molar-refractivity contribution in [1.82, 2.24) is 5.43 Å². The van der Waals surface area contributed by atoms with Gasteiger partial charge in [0.05, 0.1) is 6.04 Å². The Hall–Kier alpha value is -1.84. The van der Waals surface area contributed by atoms with E-state index < -0.39 is 0 Å². The van der Waals surface area contributed by atoms with Crippen LogP contribution in [0.5, 0.6) is 0 Å². The maximum atomic E-state index is 5.98. The van der Waals surface area contributed by atoms with Crippen molar-refractivity contribution in [3.05, 3.63) is 65.2 Å². The van der Waals surface area contributed by atoms with E-state index in [1.54, 1.807) is 0 Å². The van der Waals surface area contributed by atoms with Crippen molar-refractivity contribution in [3.8, 4) is 0 Å². The summed E-state index contributed by atoms with van der Waals surface area (Å²) in [5, 5.41) is 0. The van der Waals surface area contributed by atoms with Gasteiger partial charge in [0.15, 0.2) is 0 Å². The second-order valence-electron chi connectivity index (χ2n) is 4.54. The van der Waals surface area contributed by atoms with Crippen molar-refractivity contribution >= 4 is 5.69 Å². The number of nitrogens with two attached hydrogens (primary N) is 2. The molecule has 0 bridgehead atoms. The number of rotatable bonds is 4. The molecule has 0 aliphatic heterocycles. The van der Waals surface area contributed by atoms with Gasteiger partial charge in [-0.2, -0.15) is 0 Å². The van der Waals surface area contributed by atoms with Gasteiger partial charge in [0, 0.05) is 5.69 Å². The number of anilines is 1. The number of para-hydroxylation sites is 1. The summed E-state index contributed by atoms with van der Waals surface area (Å²) in [5.41, 5.74) is 13.1. The first-order chi connectivity index (χ1) is 8.70. The fourth-order valence-corrected chi connectivity index (χ4v) is 2.05. The number of hydrogen-bond acceptors (Lipinski definition) is 3. The highest BCUT2D eigenvalue weighted by molar-refractivity contribution is 5.48. The first kappa shape index (κ1) is 12.6. The molecule has 5 N–H and O–H groups in total. The molecule has 0 saturated carbocycles. The Labute approximate surface area is 108 Å². The Kier molecular flexibility index (Phi) is 3.97. The van der Waals surface area contributed by atoms with Crippen molar-refractivity contribution in [3.63, 3.8) is 0 Å². The van der Waals surface area contributed by atoms with Gasteiger partial charge in [0.2, 0.25) is 0 Å². The zero-order valence-electron chi connectivity index (χ0n) is 10.6. The lowest BCUT2D eigenvalue weighted by Gasteiger charge is -2.18. The number of hydrazine groups is 1.